The van der Waals surface area contributed by atoms with Crippen molar-refractivity contribution in [3.8, 4) is 0 Å². The van der Waals surface area contributed by atoms with Gasteiger partial charge in [0, 0.05) is 60.5 Å². The van der Waals surface area contributed by atoms with Gasteiger partial charge in [0.25, 0.3) is 5.91 Å². The maximum absolute atomic E-state index is 14.0. The van der Waals surface area contributed by atoms with E-state index in [-0.39, 0.29) is 28.6 Å². The molecule has 3 aromatic rings. The minimum atomic E-state index is -4.51. The van der Waals surface area contributed by atoms with Crippen molar-refractivity contribution in [2.24, 2.45) is 0 Å². The number of hydrogen-bond acceptors (Lipinski definition) is 6. The molecule has 0 radical (unpaired) electrons. The number of rotatable bonds is 7. The monoisotopic (exact) mass is 569 g/mol. The zero-order valence-corrected chi connectivity index (χ0v) is 23.6. The molecular weight excluding hydrogens is 535 g/mol. The lowest BCUT2D eigenvalue weighted by molar-refractivity contribution is -0.138. The fraction of sp³-hybridized carbons (Fsp3) is 0.467. The molecule has 1 aliphatic heterocycles. The van der Waals surface area contributed by atoms with Crippen LogP contribution in [-0.4, -0.2) is 53.4 Å². The van der Waals surface area contributed by atoms with Gasteiger partial charge in [-0.05, 0) is 79.1 Å². The number of carbonyl (C=O) groups excluding carboxylic acids is 1. The van der Waals surface area contributed by atoms with Crippen LogP contribution in [0.1, 0.15) is 63.7 Å². The highest BCUT2D eigenvalue weighted by molar-refractivity contribution is 7.15. The summed E-state index contributed by atoms with van der Waals surface area (Å²) in [4.78, 5) is 23.0. The van der Waals surface area contributed by atoms with Gasteiger partial charge in [0.1, 0.15) is 0 Å². The molecule has 3 aliphatic carbocycles. The lowest BCUT2D eigenvalue weighted by Crippen LogP contribution is -2.67. The molecule has 1 amide bonds. The largest absolute Gasteiger partial charge is 0.416 e. The first-order chi connectivity index (χ1) is 19.0. The Bertz CT molecular complexity index is 1420. The van der Waals surface area contributed by atoms with Crippen molar-refractivity contribution in [2.45, 2.75) is 56.7 Å². The average Bonchev–Trinajstić information content (AvgIpc) is 3.30. The van der Waals surface area contributed by atoms with E-state index >= 15 is 0 Å². The van der Waals surface area contributed by atoms with E-state index in [4.69, 9.17) is 5.73 Å². The molecule has 7 rings (SSSR count). The van der Waals surface area contributed by atoms with Gasteiger partial charge in [-0.15, -0.1) is 11.3 Å². The van der Waals surface area contributed by atoms with Gasteiger partial charge in [-0.3, -0.25) is 9.69 Å². The zero-order valence-electron chi connectivity index (χ0n) is 22.8. The van der Waals surface area contributed by atoms with E-state index in [9.17, 15) is 18.0 Å². The first-order valence-electron chi connectivity index (χ1n) is 13.8. The number of benzene rings is 2. The predicted octanol–water partition coefficient (Wildman–Crippen LogP) is 5.82. The first kappa shape index (κ1) is 27.2. The highest BCUT2D eigenvalue weighted by Crippen LogP contribution is 2.74. The second-order valence-electron chi connectivity index (χ2n) is 11.7. The Hall–Kier alpha value is -2.95. The van der Waals surface area contributed by atoms with Crippen LogP contribution < -0.4 is 11.1 Å². The van der Waals surface area contributed by atoms with Crippen molar-refractivity contribution in [3.63, 3.8) is 0 Å². The molecule has 2 bridgehead atoms. The zero-order chi connectivity index (χ0) is 28.3. The molecule has 6 nitrogen and oxygen atoms in total. The van der Waals surface area contributed by atoms with Gasteiger partial charge in [-0.2, -0.15) is 13.2 Å². The normalized spacial score (nSPS) is 24.8. The number of nitrogens with two attached hydrogens (primary N) is 1. The molecule has 0 unspecified atom stereocenters. The van der Waals surface area contributed by atoms with Gasteiger partial charge in [-0.1, -0.05) is 19.1 Å². The maximum atomic E-state index is 14.0. The summed E-state index contributed by atoms with van der Waals surface area (Å²) in [7, 11) is 0. The number of thiazole rings is 1. The summed E-state index contributed by atoms with van der Waals surface area (Å²) in [6.07, 6.45) is 0.361. The van der Waals surface area contributed by atoms with Crippen LogP contribution in [0.4, 0.5) is 24.0 Å². The Morgan fingerprint density at radius 3 is 2.38 bits per heavy atom. The standard InChI is InChI=1S/C30H34F3N5OS/c1-3-37-8-10-38(11-9-37)15-21-6-7-22(13-24(21)30(31,32)33)36-26(39)20-5-4-19(2)23(12-20)28-16-29(17-28,18-28)25-14-35-27(34)40-25/h4-7,12-14H,3,8-11,15-18H2,1-2H3,(H2,34,35)(H,36,39). The van der Waals surface area contributed by atoms with Gasteiger partial charge in [-0.25, -0.2) is 4.98 Å². The van der Waals surface area contributed by atoms with E-state index in [1.165, 1.54) is 10.9 Å². The number of halogens is 3. The number of carbonyl (C=O) groups is 1. The molecule has 2 heterocycles. The first-order valence-corrected chi connectivity index (χ1v) is 14.6. The maximum Gasteiger partial charge on any atom is 0.416 e. The number of nitrogen functional groups attached to an aromatic ring is 1. The molecule has 4 aliphatic rings. The van der Waals surface area contributed by atoms with E-state index in [0.717, 1.165) is 69.2 Å². The van der Waals surface area contributed by atoms with Crippen molar-refractivity contribution in [1.82, 2.24) is 14.8 Å². The molecule has 1 saturated heterocycles. The van der Waals surface area contributed by atoms with Crippen LogP contribution in [0.5, 0.6) is 0 Å². The van der Waals surface area contributed by atoms with E-state index < -0.39 is 17.6 Å². The van der Waals surface area contributed by atoms with Crippen LogP contribution >= 0.6 is 11.3 Å². The lowest BCUT2D eigenvalue weighted by atomic mass is 9.33. The summed E-state index contributed by atoms with van der Waals surface area (Å²) in [5.41, 5.74) is 8.42. The van der Waals surface area contributed by atoms with Crippen LogP contribution in [0.15, 0.2) is 42.6 Å². The van der Waals surface area contributed by atoms with E-state index in [1.807, 2.05) is 25.3 Å². The summed E-state index contributed by atoms with van der Waals surface area (Å²) in [6.45, 7) is 8.50. The van der Waals surface area contributed by atoms with Crippen LogP contribution in [-0.2, 0) is 23.6 Å². The SMILES string of the molecule is CCN1CCN(Cc2ccc(NC(=O)c3ccc(C)c(C45CC(c6cnc(N)s6)(C4)C5)c3)cc2C(F)(F)F)CC1. The quantitative estimate of drug-likeness (QED) is 0.375. The molecule has 212 valence electrons. The molecule has 4 fully saturated rings. The fourth-order valence-electron chi connectivity index (χ4n) is 6.97. The van der Waals surface area contributed by atoms with Crippen molar-refractivity contribution in [2.75, 3.05) is 43.8 Å². The van der Waals surface area contributed by atoms with Gasteiger partial charge in [0.2, 0.25) is 0 Å². The number of nitrogens with zero attached hydrogens (tertiary/aromatic N) is 3. The highest BCUT2D eigenvalue weighted by Gasteiger charge is 2.69. The number of hydrogen-bond donors (Lipinski definition) is 2. The molecule has 40 heavy (non-hydrogen) atoms. The van der Waals surface area contributed by atoms with Gasteiger partial charge in [0.05, 0.1) is 5.56 Å². The van der Waals surface area contributed by atoms with Crippen LogP contribution in [0.3, 0.4) is 0 Å². The predicted molar refractivity (Wildman–Crippen MR) is 152 cm³/mol. The fourth-order valence-corrected chi connectivity index (χ4v) is 7.84. The highest BCUT2D eigenvalue weighted by atomic mass is 32.1. The Balaban J connectivity index is 1.16. The summed E-state index contributed by atoms with van der Waals surface area (Å²) in [5.74, 6) is -0.408. The minimum absolute atomic E-state index is 0.0346. The van der Waals surface area contributed by atoms with Crippen LogP contribution in [0.2, 0.25) is 0 Å². The third kappa shape index (κ3) is 4.80. The Kier molecular flexibility index (Phi) is 6.71. The summed E-state index contributed by atoms with van der Waals surface area (Å²) in [5, 5.41) is 3.30. The van der Waals surface area contributed by atoms with Crippen molar-refractivity contribution in [3.05, 3.63) is 75.3 Å². The van der Waals surface area contributed by atoms with Gasteiger partial charge < -0.3 is 16.0 Å². The van der Waals surface area contributed by atoms with Gasteiger partial charge in [0.15, 0.2) is 5.13 Å². The molecule has 3 N–H and O–H groups in total. The molecule has 0 atom stereocenters. The van der Waals surface area contributed by atoms with E-state index in [1.54, 1.807) is 23.5 Å². The molecule has 3 saturated carbocycles. The van der Waals surface area contributed by atoms with Crippen molar-refractivity contribution < 1.29 is 18.0 Å². The molecule has 0 spiro atoms. The summed E-state index contributed by atoms with van der Waals surface area (Å²) in [6, 6.07) is 9.74. The number of likely N-dealkylation sites (N-methyl/N-ethyl adjacent to an activating group) is 1. The van der Waals surface area contributed by atoms with E-state index in [0.29, 0.717) is 10.7 Å². The smallest absolute Gasteiger partial charge is 0.375 e. The summed E-state index contributed by atoms with van der Waals surface area (Å²) >= 11 is 1.55. The number of alkyl halides is 3. The molecular formula is C30H34F3N5OS. The second-order valence-corrected chi connectivity index (χ2v) is 12.8. The van der Waals surface area contributed by atoms with Crippen LogP contribution in [0, 0.1) is 6.92 Å². The number of aryl methyl sites for hydroxylation is 1. The number of piperazine rings is 1. The minimum Gasteiger partial charge on any atom is -0.375 e. The Morgan fingerprint density at radius 2 is 1.75 bits per heavy atom. The van der Waals surface area contributed by atoms with Crippen LogP contribution in [0.25, 0.3) is 0 Å². The number of aromatic nitrogens is 1. The third-order valence-electron chi connectivity index (χ3n) is 9.13. The number of nitrogens with one attached hydrogen (secondary N) is 1. The average molecular weight is 570 g/mol. The lowest BCUT2D eigenvalue weighted by Gasteiger charge is -2.71. The third-order valence-corrected chi connectivity index (χ3v) is 10.2. The Labute approximate surface area is 236 Å². The van der Waals surface area contributed by atoms with Gasteiger partial charge >= 0.3 is 6.18 Å². The van der Waals surface area contributed by atoms with Crippen molar-refractivity contribution >= 4 is 28.1 Å². The number of amides is 1. The Morgan fingerprint density at radius 1 is 1.05 bits per heavy atom. The molecule has 10 heteroatoms. The second kappa shape index (κ2) is 9.85. The number of anilines is 2. The molecule has 2 aromatic carbocycles. The molecule has 1 aromatic heterocycles. The van der Waals surface area contributed by atoms with E-state index in [2.05, 4.69) is 27.0 Å². The van der Waals surface area contributed by atoms with Crippen molar-refractivity contribution in [1.29, 1.82) is 0 Å². The summed E-state index contributed by atoms with van der Waals surface area (Å²) < 4.78 is 42.1. The topological polar surface area (TPSA) is 74.5 Å².